The Bertz CT molecular complexity index is 1240. The van der Waals surface area contributed by atoms with Gasteiger partial charge in [-0.15, -0.1) is 0 Å². The van der Waals surface area contributed by atoms with Crippen molar-refractivity contribution < 1.29 is 14.3 Å². The molecule has 4 fully saturated rings. The molecule has 228 valence electrons. The molecule has 3 saturated heterocycles. The highest BCUT2D eigenvalue weighted by Crippen LogP contribution is 2.42. The van der Waals surface area contributed by atoms with Crippen molar-refractivity contribution >= 4 is 22.8 Å². The van der Waals surface area contributed by atoms with Crippen LogP contribution in [0.4, 0.5) is 4.79 Å². The molecule has 1 aliphatic carbocycles. The molecule has 2 aromatic carbocycles. The van der Waals surface area contributed by atoms with Gasteiger partial charge in [0.1, 0.15) is 5.60 Å². The number of amides is 2. The molecule has 1 atom stereocenters. The first kappa shape index (κ1) is 29.5. The van der Waals surface area contributed by atoms with Gasteiger partial charge in [0.2, 0.25) is 0 Å². The van der Waals surface area contributed by atoms with Crippen LogP contribution in [0.2, 0.25) is 0 Å². The average Bonchev–Trinajstić information content (AvgIpc) is 3.02. The number of ether oxygens (including phenoxy) is 1. The van der Waals surface area contributed by atoms with Crippen LogP contribution in [0.1, 0.15) is 99.9 Å². The molecule has 4 aliphatic rings. The maximum Gasteiger partial charge on any atom is 0.410 e. The summed E-state index contributed by atoms with van der Waals surface area (Å²) in [6.45, 7) is 9.66. The van der Waals surface area contributed by atoms with E-state index in [1.165, 1.54) is 44.9 Å². The molecule has 0 radical (unpaired) electrons. The second kappa shape index (κ2) is 13.0. The van der Waals surface area contributed by atoms with Gasteiger partial charge in [-0.1, -0.05) is 75.4 Å². The summed E-state index contributed by atoms with van der Waals surface area (Å²) < 4.78 is 6.47. The van der Waals surface area contributed by atoms with Crippen molar-refractivity contribution in [2.75, 3.05) is 39.3 Å². The molecule has 6 heteroatoms. The molecule has 1 unspecified atom stereocenters. The maximum absolute atomic E-state index is 13.7. The van der Waals surface area contributed by atoms with Gasteiger partial charge in [-0.05, 0) is 61.3 Å². The minimum atomic E-state index is -0.297. The van der Waals surface area contributed by atoms with Crippen molar-refractivity contribution in [2.24, 2.45) is 11.8 Å². The first-order valence-corrected chi connectivity index (χ1v) is 17.0. The van der Waals surface area contributed by atoms with Crippen molar-refractivity contribution in [2.45, 2.75) is 103 Å². The van der Waals surface area contributed by atoms with Crippen molar-refractivity contribution in [3.63, 3.8) is 0 Å². The zero-order valence-electron chi connectivity index (χ0n) is 26.0. The molecule has 0 bridgehead atoms. The molecule has 3 heterocycles. The zero-order valence-corrected chi connectivity index (χ0v) is 26.0. The molecular formula is C36H51N3O3. The van der Waals surface area contributed by atoms with E-state index >= 15 is 0 Å². The summed E-state index contributed by atoms with van der Waals surface area (Å²) in [6, 6.07) is 12.9. The van der Waals surface area contributed by atoms with Crippen LogP contribution in [-0.2, 0) is 4.74 Å². The third-order valence-corrected chi connectivity index (χ3v) is 11.1. The number of hydrogen-bond donors (Lipinski definition) is 0. The zero-order chi connectivity index (χ0) is 29.1. The van der Waals surface area contributed by atoms with Crippen molar-refractivity contribution in [1.29, 1.82) is 0 Å². The maximum atomic E-state index is 13.7. The van der Waals surface area contributed by atoms with Crippen LogP contribution >= 0.6 is 0 Å². The molecule has 1 saturated carbocycles. The van der Waals surface area contributed by atoms with E-state index in [9.17, 15) is 9.59 Å². The Morgan fingerprint density at radius 2 is 1.69 bits per heavy atom. The molecule has 0 N–H and O–H groups in total. The Balaban J connectivity index is 1.05. The number of carbonyl (C=O) groups excluding carboxylic acids is 2. The minimum absolute atomic E-state index is 0.0580. The summed E-state index contributed by atoms with van der Waals surface area (Å²) in [5, 5.41) is 2.18. The molecule has 6 nitrogen and oxygen atoms in total. The predicted octanol–water partition coefficient (Wildman–Crippen LogP) is 7.43. The number of fused-ring (bicyclic) bond motifs is 1. The van der Waals surface area contributed by atoms with Gasteiger partial charge >= 0.3 is 6.09 Å². The van der Waals surface area contributed by atoms with E-state index in [1.54, 1.807) is 0 Å². The highest BCUT2D eigenvalue weighted by Gasteiger charge is 2.50. The Morgan fingerprint density at radius 3 is 2.43 bits per heavy atom. The van der Waals surface area contributed by atoms with E-state index in [-0.39, 0.29) is 17.6 Å². The van der Waals surface area contributed by atoms with Gasteiger partial charge in [0, 0.05) is 64.1 Å². The monoisotopic (exact) mass is 573 g/mol. The number of benzene rings is 2. The fourth-order valence-corrected chi connectivity index (χ4v) is 8.50. The van der Waals surface area contributed by atoms with Crippen LogP contribution in [0.15, 0.2) is 36.4 Å². The van der Waals surface area contributed by atoms with Gasteiger partial charge in [-0.2, -0.15) is 0 Å². The van der Waals surface area contributed by atoms with Gasteiger partial charge in [-0.3, -0.25) is 9.69 Å². The molecule has 0 aromatic heterocycles. The molecule has 3 aliphatic heterocycles. The van der Waals surface area contributed by atoms with E-state index in [4.69, 9.17) is 4.74 Å². The molecule has 2 aromatic rings. The summed E-state index contributed by atoms with van der Waals surface area (Å²) >= 11 is 0. The van der Waals surface area contributed by atoms with Crippen LogP contribution in [0.5, 0.6) is 0 Å². The van der Waals surface area contributed by atoms with Crippen LogP contribution in [-0.4, -0.2) is 77.6 Å². The number of unbranched alkanes of at least 4 members (excludes halogenated alkanes) is 1. The van der Waals surface area contributed by atoms with Crippen molar-refractivity contribution in [1.82, 2.24) is 14.7 Å². The molecule has 42 heavy (non-hydrogen) atoms. The van der Waals surface area contributed by atoms with E-state index in [2.05, 4.69) is 52.8 Å². The van der Waals surface area contributed by atoms with Crippen LogP contribution in [0.25, 0.3) is 10.8 Å². The van der Waals surface area contributed by atoms with Gasteiger partial charge in [0.15, 0.2) is 0 Å². The molecule has 1 spiro atoms. The van der Waals surface area contributed by atoms with Gasteiger partial charge < -0.3 is 14.5 Å². The lowest BCUT2D eigenvalue weighted by Gasteiger charge is -2.52. The lowest BCUT2D eigenvalue weighted by atomic mass is 9.75. The summed E-state index contributed by atoms with van der Waals surface area (Å²) in [6.07, 6.45) is 13.9. The normalized spacial score (nSPS) is 24.3. The Morgan fingerprint density at radius 1 is 0.952 bits per heavy atom. The highest BCUT2D eigenvalue weighted by atomic mass is 16.6. The van der Waals surface area contributed by atoms with Gasteiger partial charge in [0.25, 0.3) is 5.91 Å². The van der Waals surface area contributed by atoms with Crippen LogP contribution in [0.3, 0.4) is 0 Å². The van der Waals surface area contributed by atoms with Gasteiger partial charge in [0.05, 0.1) is 5.56 Å². The second-order valence-corrected chi connectivity index (χ2v) is 13.7. The fourth-order valence-electron chi connectivity index (χ4n) is 8.50. The summed E-state index contributed by atoms with van der Waals surface area (Å²) in [7, 11) is 0. The van der Waals surface area contributed by atoms with Gasteiger partial charge in [-0.25, -0.2) is 4.79 Å². The van der Waals surface area contributed by atoms with Crippen molar-refractivity contribution in [3.05, 3.63) is 47.5 Å². The summed E-state index contributed by atoms with van der Waals surface area (Å²) in [4.78, 5) is 33.8. The van der Waals surface area contributed by atoms with Crippen molar-refractivity contribution in [3.8, 4) is 0 Å². The standard InChI is InChI=1S/C36H51N3O3/c1-3-4-13-30-26-39(25-28-10-6-5-7-11-28)35(41)42-36(30)19-23-37(24-20-36)31-17-21-38(22-18-31)34(40)33-27(2)15-16-29-12-8-9-14-32(29)33/h8-9,12,14-16,28,30-31H,3-7,10-11,13,17-26H2,1-2H3. The minimum Gasteiger partial charge on any atom is -0.442 e. The Labute approximate surface area is 252 Å². The number of piperidine rings is 2. The number of likely N-dealkylation sites (tertiary alicyclic amines) is 2. The lowest BCUT2D eigenvalue weighted by molar-refractivity contribution is -0.127. The van der Waals surface area contributed by atoms with E-state index in [0.717, 1.165) is 93.3 Å². The number of carbonyl (C=O) groups is 2. The number of nitrogens with zero attached hydrogens (tertiary/aromatic N) is 3. The predicted molar refractivity (Wildman–Crippen MR) is 169 cm³/mol. The number of rotatable bonds is 7. The number of aryl methyl sites for hydroxylation is 1. The number of hydrogen-bond acceptors (Lipinski definition) is 4. The molecule has 2 amide bonds. The lowest BCUT2D eigenvalue weighted by Crippen LogP contribution is -2.61. The summed E-state index contributed by atoms with van der Waals surface area (Å²) in [5.41, 5.74) is 1.62. The van der Waals surface area contributed by atoms with Crippen LogP contribution < -0.4 is 0 Å². The first-order valence-electron chi connectivity index (χ1n) is 17.0. The van der Waals surface area contributed by atoms with E-state index in [0.29, 0.717) is 17.9 Å². The Hall–Kier alpha value is -2.60. The second-order valence-electron chi connectivity index (χ2n) is 13.7. The van der Waals surface area contributed by atoms with Crippen LogP contribution in [0, 0.1) is 18.8 Å². The molecule has 6 rings (SSSR count). The summed E-state index contributed by atoms with van der Waals surface area (Å²) in [5.74, 6) is 1.26. The quantitative estimate of drug-likeness (QED) is 0.346. The third kappa shape index (κ3) is 6.06. The largest absolute Gasteiger partial charge is 0.442 e. The third-order valence-electron chi connectivity index (χ3n) is 11.1. The highest BCUT2D eigenvalue weighted by molar-refractivity contribution is 6.08. The topological polar surface area (TPSA) is 53.1 Å². The smallest absolute Gasteiger partial charge is 0.410 e. The SMILES string of the molecule is CCCCC1CN(CC2CCCCC2)C(=O)OC12CCN(C1CCN(C(=O)c3c(C)ccc4ccccc34)CC1)CC2. The first-order chi connectivity index (χ1) is 20.5. The molecular weight excluding hydrogens is 522 g/mol. The average molecular weight is 574 g/mol. The van der Waals surface area contributed by atoms with E-state index in [1.807, 2.05) is 12.1 Å². The fraction of sp³-hybridized carbons (Fsp3) is 0.667. The Kier molecular flexibility index (Phi) is 9.09. The van der Waals surface area contributed by atoms with E-state index < -0.39 is 0 Å².